The Labute approximate surface area is 198 Å². The zero-order valence-electron chi connectivity index (χ0n) is 19.5. The van der Waals surface area contributed by atoms with Crippen LogP contribution in [0.4, 0.5) is 0 Å². The molecule has 7 heteroatoms. The zero-order valence-corrected chi connectivity index (χ0v) is 20.4. The predicted molar refractivity (Wildman–Crippen MR) is 130 cm³/mol. The summed E-state index contributed by atoms with van der Waals surface area (Å²) in [4.78, 5) is 12.5. The monoisotopic (exact) mass is 472 g/mol. The van der Waals surface area contributed by atoms with Crippen molar-refractivity contribution >= 4 is 15.9 Å². The average molecular weight is 473 g/mol. The van der Waals surface area contributed by atoms with Crippen LogP contribution in [0.25, 0.3) is 0 Å². The number of benzene rings is 2. The van der Waals surface area contributed by atoms with E-state index in [0.29, 0.717) is 44.0 Å². The fourth-order valence-corrected chi connectivity index (χ4v) is 5.50. The van der Waals surface area contributed by atoms with Crippen LogP contribution >= 0.6 is 0 Å². The number of amides is 1. The first-order valence-corrected chi connectivity index (χ1v) is 13.4. The molecular weight excluding hydrogens is 436 g/mol. The maximum absolute atomic E-state index is 12.9. The number of nitrogens with one attached hydrogen (secondary N) is 1. The highest BCUT2D eigenvalue weighted by Crippen LogP contribution is 2.21. The van der Waals surface area contributed by atoms with Crippen molar-refractivity contribution in [2.75, 3.05) is 26.2 Å². The molecule has 0 aromatic heterocycles. The summed E-state index contributed by atoms with van der Waals surface area (Å²) in [6.07, 6.45) is 5.77. The fourth-order valence-electron chi connectivity index (χ4n) is 3.99. The van der Waals surface area contributed by atoms with E-state index in [0.717, 1.165) is 43.2 Å². The van der Waals surface area contributed by atoms with E-state index in [2.05, 4.69) is 5.32 Å². The van der Waals surface area contributed by atoms with Gasteiger partial charge in [0, 0.05) is 32.7 Å². The third-order valence-corrected chi connectivity index (χ3v) is 7.96. The quantitative estimate of drug-likeness (QED) is 0.490. The van der Waals surface area contributed by atoms with Crippen molar-refractivity contribution < 1.29 is 17.9 Å². The molecule has 1 saturated heterocycles. The van der Waals surface area contributed by atoms with Gasteiger partial charge in [-0.25, -0.2) is 8.42 Å². The summed E-state index contributed by atoms with van der Waals surface area (Å²) in [7, 11) is -3.43. The number of carbonyl (C=O) groups excluding carboxylic acids is 1. The molecule has 0 radical (unpaired) electrons. The lowest BCUT2D eigenvalue weighted by Crippen LogP contribution is -2.31. The van der Waals surface area contributed by atoms with Gasteiger partial charge in [0.15, 0.2) is 0 Å². The first-order valence-electron chi connectivity index (χ1n) is 12.0. The van der Waals surface area contributed by atoms with Gasteiger partial charge in [0.25, 0.3) is 0 Å². The highest BCUT2D eigenvalue weighted by Gasteiger charge is 2.24. The summed E-state index contributed by atoms with van der Waals surface area (Å²) in [5, 5.41) is 2.93. The highest BCUT2D eigenvalue weighted by atomic mass is 32.2. The van der Waals surface area contributed by atoms with Crippen LogP contribution in [-0.2, 0) is 26.0 Å². The van der Waals surface area contributed by atoms with Crippen molar-refractivity contribution in [3.05, 3.63) is 65.7 Å². The lowest BCUT2D eigenvalue weighted by atomic mass is 10.1. The smallest absolute Gasteiger partial charge is 0.243 e. The minimum absolute atomic E-state index is 0.00706. The Kier molecular flexibility index (Phi) is 9.91. The first kappa shape index (κ1) is 25.4. The van der Waals surface area contributed by atoms with Crippen LogP contribution in [0.3, 0.4) is 0 Å². The van der Waals surface area contributed by atoms with E-state index in [1.54, 1.807) is 16.4 Å². The number of ether oxygens (including phenoxy) is 1. The Morgan fingerprint density at radius 3 is 2.33 bits per heavy atom. The zero-order chi connectivity index (χ0) is 23.5. The van der Waals surface area contributed by atoms with Crippen molar-refractivity contribution in [2.45, 2.75) is 62.9 Å². The molecule has 1 atom stereocenters. The van der Waals surface area contributed by atoms with E-state index in [9.17, 15) is 13.2 Å². The second kappa shape index (κ2) is 12.9. The molecule has 2 aromatic rings. The summed E-state index contributed by atoms with van der Waals surface area (Å²) in [5.74, 6) is -0.00706. The van der Waals surface area contributed by atoms with Gasteiger partial charge in [-0.15, -0.1) is 0 Å². The van der Waals surface area contributed by atoms with Gasteiger partial charge < -0.3 is 10.1 Å². The summed E-state index contributed by atoms with van der Waals surface area (Å²) in [5.41, 5.74) is 2.10. The lowest BCUT2D eigenvalue weighted by Gasteiger charge is -2.20. The van der Waals surface area contributed by atoms with Crippen molar-refractivity contribution in [1.29, 1.82) is 0 Å². The Morgan fingerprint density at radius 2 is 1.67 bits per heavy atom. The van der Waals surface area contributed by atoms with Crippen molar-refractivity contribution in [1.82, 2.24) is 9.62 Å². The second-order valence-corrected chi connectivity index (χ2v) is 10.5. The summed E-state index contributed by atoms with van der Waals surface area (Å²) < 4.78 is 33.2. The van der Waals surface area contributed by atoms with E-state index in [1.165, 1.54) is 0 Å². The van der Waals surface area contributed by atoms with Gasteiger partial charge in [-0.05, 0) is 55.9 Å². The molecule has 0 aliphatic carbocycles. The Bertz CT molecular complexity index is 954. The first-order chi connectivity index (χ1) is 16.0. The molecule has 1 heterocycles. The fraction of sp³-hybridized carbons (Fsp3) is 0.500. The van der Waals surface area contributed by atoms with E-state index >= 15 is 0 Å². The molecule has 1 fully saturated rings. The minimum Gasteiger partial charge on any atom is -0.374 e. The molecule has 2 aromatic carbocycles. The minimum atomic E-state index is -3.43. The molecule has 1 aliphatic rings. The van der Waals surface area contributed by atoms with Gasteiger partial charge in [-0.1, -0.05) is 55.3 Å². The molecule has 33 heavy (non-hydrogen) atoms. The van der Waals surface area contributed by atoms with E-state index in [4.69, 9.17) is 4.74 Å². The highest BCUT2D eigenvalue weighted by molar-refractivity contribution is 7.89. The second-order valence-electron chi connectivity index (χ2n) is 8.59. The average Bonchev–Trinajstić information content (AvgIpc) is 3.13. The molecule has 0 bridgehead atoms. The number of aryl methyl sites for hydroxylation is 1. The molecule has 3 rings (SSSR count). The van der Waals surface area contributed by atoms with Crippen molar-refractivity contribution in [2.24, 2.45) is 0 Å². The van der Waals surface area contributed by atoms with E-state index < -0.39 is 10.0 Å². The number of nitrogens with zero attached hydrogens (tertiary/aromatic N) is 1. The normalized spacial score (nSPS) is 16.2. The van der Waals surface area contributed by atoms with Gasteiger partial charge in [0.2, 0.25) is 15.9 Å². The molecule has 1 amide bonds. The van der Waals surface area contributed by atoms with Gasteiger partial charge >= 0.3 is 0 Å². The number of hydrogen-bond donors (Lipinski definition) is 1. The third-order valence-electron chi connectivity index (χ3n) is 6.05. The Morgan fingerprint density at radius 1 is 1.00 bits per heavy atom. The molecular formula is C26H36N2O4S. The molecule has 1 unspecified atom stereocenters. The Balaban J connectivity index is 1.35. The number of hydrogen-bond acceptors (Lipinski definition) is 4. The van der Waals surface area contributed by atoms with Crippen LogP contribution < -0.4 is 5.32 Å². The maximum Gasteiger partial charge on any atom is 0.243 e. The number of carbonyl (C=O) groups is 1. The van der Waals surface area contributed by atoms with E-state index in [-0.39, 0.29) is 12.0 Å². The van der Waals surface area contributed by atoms with Gasteiger partial charge in [-0.3, -0.25) is 4.79 Å². The Hall–Kier alpha value is -2.22. The van der Waals surface area contributed by atoms with Crippen LogP contribution in [0.1, 0.15) is 62.7 Å². The predicted octanol–water partition coefficient (Wildman–Crippen LogP) is 4.47. The third kappa shape index (κ3) is 7.95. The number of rotatable bonds is 11. The van der Waals surface area contributed by atoms with Gasteiger partial charge in [0.1, 0.15) is 0 Å². The number of sulfonamides is 1. The standard InChI is InChI=1S/C26H36N2O4S/c1-22(24-10-5-4-6-11-24)32-21-9-18-27-26(29)17-14-23-12-15-25(16-13-23)33(30,31)28-19-7-2-3-8-20-28/h4-6,10-13,15-16,22H,2-3,7-9,14,17-21H2,1H3,(H,27,29). The maximum atomic E-state index is 12.9. The topological polar surface area (TPSA) is 75.7 Å². The molecule has 1 N–H and O–H groups in total. The molecule has 180 valence electrons. The van der Waals surface area contributed by atoms with Crippen LogP contribution in [0.15, 0.2) is 59.5 Å². The largest absolute Gasteiger partial charge is 0.374 e. The molecule has 0 spiro atoms. The van der Waals surface area contributed by atoms with Crippen LogP contribution in [0.5, 0.6) is 0 Å². The van der Waals surface area contributed by atoms with Gasteiger partial charge in [0.05, 0.1) is 11.0 Å². The summed E-state index contributed by atoms with van der Waals surface area (Å²) in [6, 6.07) is 17.0. The van der Waals surface area contributed by atoms with E-state index in [1.807, 2.05) is 49.4 Å². The molecule has 0 saturated carbocycles. The molecule has 6 nitrogen and oxygen atoms in total. The summed E-state index contributed by atoms with van der Waals surface area (Å²) >= 11 is 0. The molecule has 1 aliphatic heterocycles. The summed E-state index contributed by atoms with van der Waals surface area (Å²) in [6.45, 7) is 4.38. The van der Waals surface area contributed by atoms with Gasteiger partial charge in [-0.2, -0.15) is 4.31 Å². The van der Waals surface area contributed by atoms with Crippen LogP contribution in [0.2, 0.25) is 0 Å². The SMILES string of the molecule is CC(OCCCNC(=O)CCc1ccc(S(=O)(=O)N2CCCCCC2)cc1)c1ccccc1. The van der Waals surface area contributed by atoms with Crippen LogP contribution in [-0.4, -0.2) is 44.9 Å². The van der Waals surface area contributed by atoms with Crippen molar-refractivity contribution in [3.8, 4) is 0 Å². The lowest BCUT2D eigenvalue weighted by molar-refractivity contribution is -0.121. The van der Waals surface area contributed by atoms with Crippen molar-refractivity contribution in [3.63, 3.8) is 0 Å². The van der Waals surface area contributed by atoms with Crippen LogP contribution in [0, 0.1) is 0 Å².